The molecule has 4 rings (SSSR count). The predicted octanol–water partition coefficient (Wildman–Crippen LogP) is 4.90. The zero-order valence-corrected chi connectivity index (χ0v) is 21.7. The highest BCUT2D eigenvalue weighted by Gasteiger charge is 2.34. The average Bonchev–Trinajstić information content (AvgIpc) is 3.26. The number of methoxy groups -OCH3 is 2. The normalized spacial score (nSPS) is 14.2. The summed E-state index contributed by atoms with van der Waals surface area (Å²) >= 11 is 0. The molecule has 8 nitrogen and oxygen atoms in total. The molecule has 1 atom stereocenters. The van der Waals surface area contributed by atoms with Crippen LogP contribution in [0.5, 0.6) is 5.75 Å². The maximum absolute atomic E-state index is 15.4. The third-order valence-corrected chi connectivity index (χ3v) is 6.25. The summed E-state index contributed by atoms with van der Waals surface area (Å²) in [5.74, 6) is -1.44. The van der Waals surface area contributed by atoms with E-state index in [-0.39, 0.29) is 11.4 Å². The van der Waals surface area contributed by atoms with Crippen molar-refractivity contribution in [3.8, 4) is 16.9 Å². The first kappa shape index (κ1) is 25.6. The van der Waals surface area contributed by atoms with E-state index in [1.54, 1.807) is 16.8 Å². The monoisotopic (exact) mass is 498 g/mol. The molecule has 0 amide bonds. The van der Waals surface area contributed by atoms with Crippen molar-refractivity contribution in [3.05, 3.63) is 52.1 Å². The van der Waals surface area contributed by atoms with Gasteiger partial charge in [0.2, 0.25) is 0 Å². The molecule has 2 aromatic heterocycles. The minimum absolute atomic E-state index is 0.0843. The molecule has 1 aliphatic heterocycles. The van der Waals surface area contributed by atoms with Gasteiger partial charge in [0, 0.05) is 22.9 Å². The number of fused-ring (bicyclic) bond motifs is 2. The first-order valence-corrected chi connectivity index (χ1v) is 11.8. The molecule has 9 heteroatoms. The Bertz CT molecular complexity index is 1360. The van der Waals surface area contributed by atoms with E-state index in [1.165, 1.54) is 20.3 Å². The van der Waals surface area contributed by atoms with Crippen LogP contribution in [0.4, 0.5) is 4.39 Å². The van der Waals surface area contributed by atoms with Crippen LogP contribution in [0.15, 0.2) is 18.3 Å². The molecule has 0 saturated heterocycles. The SMILES string of the molecule is COC(=O)c1cc2c(-c3cc(F)c4c(c3C)CCCO4)c([C@H](OC(C)(C)C)C(=O)OC)c(C)cn2n1. The van der Waals surface area contributed by atoms with Crippen LogP contribution in [0.25, 0.3) is 16.6 Å². The van der Waals surface area contributed by atoms with E-state index in [0.29, 0.717) is 40.8 Å². The highest BCUT2D eigenvalue weighted by molar-refractivity contribution is 5.95. The number of carbonyl (C=O) groups excluding carboxylic acids is 2. The standard InChI is InChI=1S/C27H31FN2O6/c1-14-13-30-20(12-19(29-30)25(31)33-6)22(21(14)24(26(32)34-7)36-27(3,4)5)17-11-18(28)23-16(15(17)2)9-8-10-35-23/h11-13,24H,8-10H2,1-7H3/t24-/m0/s1. The van der Waals surface area contributed by atoms with Crippen LogP contribution in [0.1, 0.15) is 66.0 Å². The molecule has 0 spiro atoms. The number of pyridine rings is 1. The van der Waals surface area contributed by atoms with Gasteiger partial charge in [-0.05, 0) is 76.3 Å². The summed E-state index contributed by atoms with van der Waals surface area (Å²) in [6, 6.07) is 2.98. The first-order chi connectivity index (χ1) is 17.0. The number of aryl methyl sites for hydroxylation is 1. The van der Waals surface area contributed by atoms with Gasteiger partial charge in [-0.1, -0.05) is 0 Å². The Morgan fingerprint density at radius 2 is 1.89 bits per heavy atom. The number of aromatic nitrogens is 2. The van der Waals surface area contributed by atoms with Crippen molar-refractivity contribution in [2.45, 2.75) is 59.2 Å². The topological polar surface area (TPSA) is 88.4 Å². The molecule has 0 radical (unpaired) electrons. The lowest BCUT2D eigenvalue weighted by atomic mass is 9.87. The van der Waals surface area contributed by atoms with Crippen molar-refractivity contribution in [3.63, 3.8) is 0 Å². The number of rotatable bonds is 5. The van der Waals surface area contributed by atoms with Gasteiger partial charge >= 0.3 is 11.9 Å². The van der Waals surface area contributed by atoms with E-state index in [4.69, 9.17) is 18.9 Å². The first-order valence-electron chi connectivity index (χ1n) is 11.8. The number of hydrogen-bond acceptors (Lipinski definition) is 7. The molecule has 0 aliphatic carbocycles. The van der Waals surface area contributed by atoms with Gasteiger partial charge in [0.1, 0.15) is 0 Å². The Labute approximate surface area is 209 Å². The van der Waals surface area contributed by atoms with Crippen molar-refractivity contribution < 1.29 is 32.9 Å². The highest BCUT2D eigenvalue weighted by atomic mass is 19.1. The average molecular weight is 499 g/mol. The van der Waals surface area contributed by atoms with E-state index in [2.05, 4.69) is 5.10 Å². The van der Waals surface area contributed by atoms with E-state index in [0.717, 1.165) is 17.5 Å². The van der Waals surface area contributed by atoms with Gasteiger partial charge in [0.25, 0.3) is 0 Å². The van der Waals surface area contributed by atoms with Crippen LogP contribution >= 0.6 is 0 Å². The second-order valence-electron chi connectivity index (χ2n) is 9.88. The smallest absolute Gasteiger partial charge is 0.358 e. The summed E-state index contributed by atoms with van der Waals surface area (Å²) in [6.07, 6.45) is 2.02. The zero-order chi connectivity index (χ0) is 26.4. The van der Waals surface area contributed by atoms with Crippen LogP contribution < -0.4 is 4.74 Å². The largest absolute Gasteiger partial charge is 0.490 e. The summed E-state index contributed by atoms with van der Waals surface area (Å²) in [4.78, 5) is 25.4. The maximum atomic E-state index is 15.4. The maximum Gasteiger partial charge on any atom is 0.358 e. The molecular formula is C27H31FN2O6. The van der Waals surface area contributed by atoms with Gasteiger partial charge in [0.15, 0.2) is 23.4 Å². The molecule has 3 aromatic rings. The summed E-state index contributed by atoms with van der Waals surface area (Å²) in [6.45, 7) is 9.69. The van der Waals surface area contributed by atoms with Crippen LogP contribution in [-0.2, 0) is 25.4 Å². The van der Waals surface area contributed by atoms with Gasteiger partial charge in [-0.2, -0.15) is 5.10 Å². The quantitative estimate of drug-likeness (QED) is 0.463. The minimum atomic E-state index is -1.11. The fraction of sp³-hybridized carbons (Fsp3) is 0.444. The van der Waals surface area contributed by atoms with Gasteiger partial charge in [-0.3, -0.25) is 0 Å². The Morgan fingerprint density at radius 3 is 2.53 bits per heavy atom. The number of halogens is 1. The molecule has 1 aliphatic rings. The lowest BCUT2D eigenvalue weighted by molar-refractivity contribution is -0.164. The van der Waals surface area contributed by atoms with Crippen molar-refractivity contribution >= 4 is 17.5 Å². The number of esters is 2. The number of benzene rings is 1. The zero-order valence-electron chi connectivity index (χ0n) is 21.7. The van der Waals surface area contributed by atoms with Crippen LogP contribution in [0, 0.1) is 19.7 Å². The van der Waals surface area contributed by atoms with Crippen molar-refractivity contribution in [2.24, 2.45) is 0 Å². The Morgan fingerprint density at radius 1 is 1.17 bits per heavy atom. The number of hydrogen-bond donors (Lipinski definition) is 0. The molecule has 0 N–H and O–H groups in total. The minimum Gasteiger partial charge on any atom is -0.490 e. The van der Waals surface area contributed by atoms with Crippen molar-refractivity contribution in [1.82, 2.24) is 9.61 Å². The fourth-order valence-corrected chi connectivity index (χ4v) is 4.70. The summed E-state index contributed by atoms with van der Waals surface area (Å²) in [5, 5.41) is 4.38. The van der Waals surface area contributed by atoms with E-state index < -0.39 is 29.5 Å². The van der Waals surface area contributed by atoms with Gasteiger partial charge in [-0.25, -0.2) is 18.5 Å². The molecule has 0 fully saturated rings. The summed E-state index contributed by atoms with van der Waals surface area (Å²) < 4.78 is 38.7. The van der Waals surface area contributed by atoms with E-state index >= 15 is 4.39 Å². The summed E-state index contributed by atoms with van der Waals surface area (Å²) in [5.41, 5.74) is 3.75. The van der Waals surface area contributed by atoms with Gasteiger partial charge < -0.3 is 18.9 Å². The molecule has 192 valence electrons. The molecule has 0 saturated carbocycles. The molecule has 1 aromatic carbocycles. The Hall–Kier alpha value is -3.46. The molecular weight excluding hydrogens is 467 g/mol. The van der Waals surface area contributed by atoms with Crippen molar-refractivity contribution in [1.29, 1.82) is 0 Å². The number of ether oxygens (including phenoxy) is 4. The molecule has 3 heterocycles. The van der Waals surface area contributed by atoms with Crippen LogP contribution in [0.2, 0.25) is 0 Å². The third-order valence-electron chi connectivity index (χ3n) is 6.25. The van der Waals surface area contributed by atoms with E-state index in [1.807, 2.05) is 34.6 Å². The third kappa shape index (κ3) is 4.55. The Balaban J connectivity index is 2.12. The predicted molar refractivity (Wildman–Crippen MR) is 131 cm³/mol. The number of carbonyl (C=O) groups is 2. The van der Waals surface area contributed by atoms with Crippen molar-refractivity contribution in [2.75, 3.05) is 20.8 Å². The fourth-order valence-electron chi connectivity index (χ4n) is 4.70. The van der Waals surface area contributed by atoms with Crippen LogP contribution in [-0.4, -0.2) is 48.0 Å². The lowest BCUT2D eigenvalue weighted by Crippen LogP contribution is -2.29. The summed E-state index contributed by atoms with van der Waals surface area (Å²) in [7, 11) is 2.57. The molecule has 0 bridgehead atoms. The second-order valence-corrected chi connectivity index (χ2v) is 9.88. The lowest BCUT2D eigenvalue weighted by Gasteiger charge is -2.30. The Kier molecular flexibility index (Phi) is 6.79. The van der Waals surface area contributed by atoms with Crippen LogP contribution in [0.3, 0.4) is 0 Å². The number of nitrogens with zero attached hydrogens (tertiary/aromatic N) is 2. The second kappa shape index (κ2) is 9.54. The van der Waals surface area contributed by atoms with Gasteiger partial charge in [0.05, 0.1) is 31.9 Å². The van der Waals surface area contributed by atoms with Gasteiger partial charge in [-0.15, -0.1) is 0 Å². The molecule has 0 unspecified atom stereocenters. The van der Waals surface area contributed by atoms with E-state index in [9.17, 15) is 9.59 Å². The molecule has 36 heavy (non-hydrogen) atoms. The highest BCUT2D eigenvalue weighted by Crippen LogP contribution is 2.43.